The monoisotopic (exact) mass is 370 g/mol. The Bertz CT molecular complexity index is 816. The summed E-state index contributed by atoms with van der Waals surface area (Å²) in [5.74, 6) is 1.64. The number of hydrogen-bond acceptors (Lipinski definition) is 5. The Morgan fingerprint density at radius 3 is 2.56 bits per heavy atom. The van der Waals surface area contributed by atoms with E-state index in [2.05, 4.69) is 10.2 Å². The molecule has 0 aromatic heterocycles. The zero-order valence-electron chi connectivity index (χ0n) is 15.3. The number of aromatic hydroxyl groups is 1. The van der Waals surface area contributed by atoms with E-state index in [0.717, 1.165) is 37.6 Å². The Hall–Kier alpha value is -2.93. The van der Waals surface area contributed by atoms with E-state index in [-0.39, 0.29) is 24.5 Å². The molecule has 7 heteroatoms. The van der Waals surface area contributed by atoms with Crippen LogP contribution in [0.15, 0.2) is 42.5 Å². The van der Waals surface area contributed by atoms with Crippen molar-refractivity contribution >= 4 is 17.3 Å². The van der Waals surface area contributed by atoms with E-state index < -0.39 is 0 Å². The van der Waals surface area contributed by atoms with Crippen LogP contribution in [-0.4, -0.2) is 50.0 Å². The number of hydrogen-bond donors (Lipinski definition) is 3. The largest absolute Gasteiger partial charge is 0.508 e. The number of anilines is 2. The predicted octanol–water partition coefficient (Wildman–Crippen LogP) is 0.853. The second kappa shape index (κ2) is 7.36. The highest BCUT2D eigenvalue weighted by molar-refractivity contribution is 5.94. The molecule has 4 rings (SSSR count). The lowest BCUT2D eigenvalue weighted by atomic mass is 10.2. The summed E-state index contributed by atoms with van der Waals surface area (Å²) in [5.41, 5.74) is 1.82. The second-order valence-corrected chi connectivity index (χ2v) is 6.94. The van der Waals surface area contributed by atoms with Crippen LogP contribution in [0.2, 0.25) is 0 Å². The fourth-order valence-electron chi connectivity index (χ4n) is 3.56. The summed E-state index contributed by atoms with van der Waals surface area (Å²) in [5, 5.41) is 12.4. The Kier molecular flexibility index (Phi) is 4.77. The number of phenols is 1. The van der Waals surface area contributed by atoms with Crippen molar-refractivity contribution in [3.63, 3.8) is 0 Å². The number of fused-ring (bicyclic) bond motifs is 1. The number of carbonyl (C=O) groups excluding carboxylic acids is 1. The van der Waals surface area contributed by atoms with E-state index >= 15 is 0 Å². The van der Waals surface area contributed by atoms with E-state index in [1.54, 1.807) is 18.2 Å². The van der Waals surface area contributed by atoms with Crippen LogP contribution in [0.3, 0.4) is 0 Å². The number of rotatable bonds is 4. The first-order valence-corrected chi connectivity index (χ1v) is 9.19. The van der Waals surface area contributed by atoms with E-state index in [4.69, 9.17) is 9.47 Å². The van der Waals surface area contributed by atoms with Crippen LogP contribution in [0.4, 0.5) is 11.4 Å². The first kappa shape index (κ1) is 17.5. The molecule has 1 saturated heterocycles. The number of piperazine rings is 1. The number of phenolic OH excluding ortho intramolecular Hbond substituents is 1. The third kappa shape index (κ3) is 3.78. The molecule has 2 aromatic carbocycles. The third-order valence-corrected chi connectivity index (χ3v) is 5.27. The summed E-state index contributed by atoms with van der Waals surface area (Å²) in [7, 11) is 0. The first-order valence-electron chi connectivity index (χ1n) is 9.19. The normalized spacial score (nSPS) is 17.6. The van der Waals surface area contributed by atoms with Crippen molar-refractivity contribution < 1.29 is 24.3 Å². The summed E-state index contributed by atoms with van der Waals surface area (Å²) in [6.07, 6.45) is 0. The van der Waals surface area contributed by atoms with Gasteiger partial charge in [-0.3, -0.25) is 4.79 Å². The second-order valence-electron chi connectivity index (χ2n) is 6.94. The molecule has 0 saturated carbocycles. The zero-order valence-corrected chi connectivity index (χ0v) is 15.3. The molecule has 2 aromatic rings. The van der Waals surface area contributed by atoms with Gasteiger partial charge in [0.25, 0.3) is 5.91 Å². The minimum atomic E-state index is -0.141. The van der Waals surface area contributed by atoms with Crippen molar-refractivity contribution in [2.24, 2.45) is 0 Å². The lowest BCUT2D eigenvalue weighted by Crippen LogP contribution is -3.19. The predicted molar refractivity (Wildman–Crippen MR) is 102 cm³/mol. The molecule has 0 unspecified atom stereocenters. The maximum absolute atomic E-state index is 12.7. The number of nitrogens with one attached hydrogen (secondary N) is 2. The summed E-state index contributed by atoms with van der Waals surface area (Å²) >= 11 is 0. The average Bonchev–Trinajstić information content (AvgIpc) is 3.16. The smallest absolute Gasteiger partial charge is 0.282 e. The molecule has 142 valence electrons. The van der Waals surface area contributed by atoms with Gasteiger partial charge in [-0.05, 0) is 43.3 Å². The van der Waals surface area contributed by atoms with Crippen molar-refractivity contribution in [1.82, 2.24) is 0 Å². The van der Waals surface area contributed by atoms with Crippen molar-refractivity contribution in [3.8, 4) is 17.2 Å². The van der Waals surface area contributed by atoms with E-state index in [1.807, 2.05) is 31.2 Å². The summed E-state index contributed by atoms with van der Waals surface area (Å²) < 4.78 is 10.7. The molecular weight excluding hydrogens is 346 g/mol. The van der Waals surface area contributed by atoms with Crippen LogP contribution in [-0.2, 0) is 4.79 Å². The topological polar surface area (TPSA) is 75.5 Å². The molecular formula is C20H24N3O4+. The van der Waals surface area contributed by atoms with E-state index in [0.29, 0.717) is 11.5 Å². The Morgan fingerprint density at radius 2 is 1.81 bits per heavy atom. The summed E-state index contributed by atoms with van der Waals surface area (Å²) in [4.78, 5) is 16.2. The molecule has 1 atom stereocenters. The highest BCUT2D eigenvalue weighted by atomic mass is 16.7. The molecule has 7 nitrogen and oxygen atoms in total. The summed E-state index contributed by atoms with van der Waals surface area (Å²) in [6.45, 7) is 5.71. The zero-order chi connectivity index (χ0) is 18.8. The molecule has 0 spiro atoms. The number of quaternary nitrogens is 1. The Balaban J connectivity index is 1.32. The lowest BCUT2D eigenvalue weighted by molar-refractivity contribution is -0.914. The van der Waals surface area contributed by atoms with Crippen LogP contribution in [0.5, 0.6) is 17.2 Å². The fraction of sp³-hybridized carbons (Fsp3) is 0.350. The number of nitrogens with zero attached hydrogens (tertiary/aromatic N) is 1. The molecule has 1 amide bonds. The standard InChI is InChI=1S/C20H23N3O4/c1-14(20(25)21-15-2-7-18-19(12-15)27-13-26-18)22-8-10-23(11-9-22)16-3-5-17(24)6-4-16/h2-7,12,14,24H,8-11,13H2,1H3,(H,21,25)/p+1/t14-/m0/s1. The number of carbonyl (C=O) groups is 1. The van der Waals surface area contributed by atoms with Crippen molar-refractivity contribution in [2.75, 3.05) is 43.2 Å². The number of benzene rings is 2. The molecule has 0 radical (unpaired) electrons. The van der Waals surface area contributed by atoms with Crippen molar-refractivity contribution in [1.29, 1.82) is 0 Å². The van der Waals surface area contributed by atoms with Gasteiger partial charge in [-0.25, -0.2) is 0 Å². The van der Waals surface area contributed by atoms with Crippen LogP contribution in [0, 0.1) is 0 Å². The van der Waals surface area contributed by atoms with Crippen LogP contribution in [0.25, 0.3) is 0 Å². The maximum atomic E-state index is 12.7. The summed E-state index contributed by atoms with van der Waals surface area (Å²) in [6, 6.07) is 12.6. The molecule has 3 N–H and O–H groups in total. The van der Waals surface area contributed by atoms with Crippen LogP contribution < -0.4 is 24.6 Å². The number of ether oxygens (including phenoxy) is 2. The molecule has 27 heavy (non-hydrogen) atoms. The van der Waals surface area contributed by atoms with E-state index in [9.17, 15) is 9.90 Å². The lowest BCUT2D eigenvalue weighted by Gasteiger charge is -2.36. The van der Waals surface area contributed by atoms with Gasteiger partial charge in [-0.1, -0.05) is 0 Å². The molecule has 0 aliphatic carbocycles. The Labute approximate surface area is 158 Å². The maximum Gasteiger partial charge on any atom is 0.282 e. The van der Waals surface area contributed by atoms with Gasteiger partial charge >= 0.3 is 0 Å². The van der Waals surface area contributed by atoms with Gasteiger partial charge in [0.1, 0.15) is 5.75 Å². The van der Waals surface area contributed by atoms with E-state index in [1.165, 1.54) is 4.90 Å². The quantitative estimate of drug-likeness (QED) is 0.744. The SMILES string of the molecule is C[C@@H](C(=O)Nc1ccc2c(c1)OCO2)[NH+]1CCN(c2ccc(O)cc2)CC1. The van der Waals surface area contributed by atoms with Gasteiger partial charge in [-0.2, -0.15) is 0 Å². The average molecular weight is 370 g/mol. The van der Waals surface area contributed by atoms with Crippen LogP contribution >= 0.6 is 0 Å². The molecule has 2 heterocycles. The number of amides is 1. The van der Waals surface area contributed by atoms with Crippen molar-refractivity contribution in [2.45, 2.75) is 13.0 Å². The van der Waals surface area contributed by atoms with Gasteiger partial charge in [-0.15, -0.1) is 0 Å². The van der Waals surface area contributed by atoms with Gasteiger partial charge < -0.3 is 29.7 Å². The Morgan fingerprint density at radius 1 is 1.11 bits per heavy atom. The van der Waals surface area contributed by atoms with Gasteiger partial charge in [0.05, 0.1) is 26.2 Å². The molecule has 1 fully saturated rings. The highest BCUT2D eigenvalue weighted by Crippen LogP contribution is 2.34. The van der Waals surface area contributed by atoms with Crippen LogP contribution in [0.1, 0.15) is 6.92 Å². The first-order chi connectivity index (χ1) is 13.1. The van der Waals surface area contributed by atoms with Gasteiger partial charge in [0.15, 0.2) is 17.5 Å². The fourth-order valence-corrected chi connectivity index (χ4v) is 3.56. The molecule has 0 bridgehead atoms. The molecule has 2 aliphatic heterocycles. The van der Waals surface area contributed by atoms with Gasteiger partial charge in [0, 0.05) is 17.4 Å². The third-order valence-electron chi connectivity index (χ3n) is 5.27. The minimum Gasteiger partial charge on any atom is -0.508 e. The minimum absolute atomic E-state index is 0.00180. The highest BCUT2D eigenvalue weighted by Gasteiger charge is 2.29. The molecule has 2 aliphatic rings. The van der Waals surface area contributed by atoms with Gasteiger partial charge in [0.2, 0.25) is 6.79 Å². The van der Waals surface area contributed by atoms with Crippen molar-refractivity contribution in [3.05, 3.63) is 42.5 Å².